The summed E-state index contributed by atoms with van der Waals surface area (Å²) in [5, 5.41) is 17.5. The van der Waals surface area contributed by atoms with Crippen molar-refractivity contribution in [2.45, 2.75) is 58.8 Å². The lowest BCUT2D eigenvalue weighted by Crippen LogP contribution is -2.31. The zero-order valence-corrected chi connectivity index (χ0v) is 15.1. The highest BCUT2D eigenvalue weighted by molar-refractivity contribution is 5.28. The Hall–Kier alpha value is -1.85. The number of hydrogen-bond acceptors (Lipinski definition) is 5. The molecule has 0 radical (unpaired) electrons. The summed E-state index contributed by atoms with van der Waals surface area (Å²) in [7, 11) is 0. The quantitative estimate of drug-likeness (QED) is 0.767. The molecule has 1 aromatic heterocycles. The van der Waals surface area contributed by atoms with Gasteiger partial charge in [0, 0.05) is 13.1 Å². The molecule has 1 aromatic carbocycles. The number of nitrogens with zero attached hydrogens (tertiary/aromatic N) is 1. The molecule has 2 N–H and O–H groups in total. The summed E-state index contributed by atoms with van der Waals surface area (Å²) in [5.74, 6) is 2.11. The number of ether oxygens (including phenoxy) is 1. The second kappa shape index (κ2) is 8.50. The van der Waals surface area contributed by atoms with Crippen molar-refractivity contribution in [3.63, 3.8) is 0 Å². The normalized spacial score (nSPS) is 16.3. The van der Waals surface area contributed by atoms with E-state index < -0.39 is 0 Å². The second-order valence-corrected chi connectivity index (χ2v) is 6.98. The van der Waals surface area contributed by atoms with Gasteiger partial charge >= 0.3 is 0 Å². The first-order chi connectivity index (χ1) is 12.1. The van der Waals surface area contributed by atoms with Crippen LogP contribution in [0.2, 0.25) is 0 Å². The van der Waals surface area contributed by atoms with Crippen molar-refractivity contribution >= 4 is 0 Å². The van der Waals surface area contributed by atoms with Crippen LogP contribution in [0, 0.1) is 19.8 Å². The third kappa shape index (κ3) is 4.83. The molecule has 1 atom stereocenters. The maximum absolute atomic E-state index is 10.2. The van der Waals surface area contributed by atoms with Gasteiger partial charge in [-0.1, -0.05) is 30.1 Å². The van der Waals surface area contributed by atoms with Gasteiger partial charge in [0.05, 0.1) is 17.4 Å². The van der Waals surface area contributed by atoms with Gasteiger partial charge in [0.1, 0.15) is 18.1 Å². The third-order valence-corrected chi connectivity index (χ3v) is 5.11. The fourth-order valence-corrected chi connectivity index (χ4v) is 3.44. The van der Waals surface area contributed by atoms with Gasteiger partial charge in [-0.25, -0.2) is 0 Å². The van der Waals surface area contributed by atoms with Crippen LogP contribution in [0.4, 0.5) is 0 Å². The van der Waals surface area contributed by atoms with E-state index in [4.69, 9.17) is 9.26 Å². The minimum Gasteiger partial charge on any atom is -0.489 e. The van der Waals surface area contributed by atoms with Crippen molar-refractivity contribution in [3.8, 4) is 5.75 Å². The van der Waals surface area contributed by atoms with E-state index in [-0.39, 0.29) is 6.10 Å². The van der Waals surface area contributed by atoms with E-state index in [1.807, 2.05) is 26.0 Å². The number of aliphatic hydroxyl groups is 1. The van der Waals surface area contributed by atoms with Crippen LogP contribution in [0.3, 0.4) is 0 Å². The number of aryl methyl sites for hydroxylation is 2. The Kier molecular flexibility index (Phi) is 6.10. The Balaban J connectivity index is 1.42. The molecule has 136 valence electrons. The standard InChI is InChI=1S/C20H28N2O3/c1-14-19(15(2)25-22-14)13-24-18-9-7-16(8-10-18)11-21-12-20(23)17-5-3-4-6-17/h7-10,17,20-21,23H,3-6,11-13H2,1-2H3. The number of aliphatic hydroxyl groups excluding tert-OH is 1. The van der Waals surface area contributed by atoms with Crippen molar-refractivity contribution in [1.29, 1.82) is 0 Å². The number of hydrogen-bond donors (Lipinski definition) is 2. The minimum atomic E-state index is -0.222. The SMILES string of the molecule is Cc1noc(C)c1COc1ccc(CNCC(O)C2CCCC2)cc1. The number of rotatable bonds is 8. The lowest BCUT2D eigenvalue weighted by atomic mass is 10.0. The summed E-state index contributed by atoms with van der Waals surface area (Å²) in [6.45, 7) is 5.70. The predicted molar refractivity (Wildman–Crippen MR) is 96.4 cm³/mol. The van der Waals surface area contributed by atoms with E-state index in [2.05, 4.69) is 22.6 Å². The lowest BCUT2D eigenvalue weighted by Gasteiger charge is -2.18. The van der Waals surface area contributed by atoms with Crippen molar-refractivity contribution < 1.29 is 14.4 Å². The lowest BCUT2D eigenvalue weighted by molar-refractivity contribution is 0.109. The zero-order valence-electron chi connectivity index (χ0n) is 15.1. The van der Waals surface area contributed by atoms with Crippen molar-refractivity contribution in [2.75, 3.05) is 6.54 Å². The van der Waals surface area contributed by atoms with Crippen LogP contribution >= 0.6 is 0 Å². The second-order valence-electron chi connectivity index (χ2n) is 6.98. The largest absolute Gasteiger partial charge is 0.489 e. The summed E-state index contributed by atoms with van der Waals surface area (Å²) < 4.78 is 11.0. The van der Waals surface area contributed by atoms with E-state index in [0.29, 0.717) is 19.1 Å². The Morgan fingerprint density at radius 2 is 1.96 bits per heavy atom. The number of nitrogens with one attached hydrogen (secondary N) is 1. The molecule has 1 aliphatic carbocycles. The molecule has 3 rings (SSSR count). The van der Waals surface area contributed by atoms with Gasteiger partial charge in [-0.15, -0.1) is 0 Å². The van der Waals surface area contributed by atoms with Gasteiger partial charge in [-0.3, -0.25) is 0 Å². The average molecular weight is 344 g/mol. The first-order valence-corrected chi connectivity index (χ1v) is 9.15. The summed E-state index contributed by atoms with van der Waals surface area (Å²) in [6, 6.07) is 8.06. The number of benzene rings is 1. The fourth-order valence-electron chi connectivity index (χ4n) is 3.44. The van der Waals surface area contributed by atoms with E-state index in [0.717, 1.165) is 29.3 Å². The monoisotopic (exact) mass is 344 g/mol. The van der Waals surface area contributed by atoms with Crippen molar-refractivity contribution in [3.05, 3.63) is 46.8 Å². The average Bonchev–Trinajstić information content (AvgIpc) is 3.25. The molecule has 2 aromatic rings. The minimum absolute atomic E-state index is 0.222. The molecule has 5 heteroatoms. The molecule has 1 unspecified atom stereocenters. The van der Waals surface area contributed by atoms with Crippen molar-refractivity contribution in [2.24, 2.45) is 5.92 Å². The smallest absolute Gasteiger partial charge is 0.140 e. The van der Waals surface area contributed by atoms with Crippen LogP contribution in [-0.4, -0.2) is 22.9 Å². The highest BCUT2D eigenvalue weighted by atomic mass is 16.5. The molecule has 1 aliphatic rings. The Bertz CT molecular complexity index is 641. The molecular formula is C20H28N2O3. The van der Waals surface area contributed by atoms with Gasteiger partial charge in [0.25, 0.3) is 0 Å². The summed E-state index contributed by atoms with van der Waals surface area (Å²) in [6.07, 6.45) is 4.63. The topological polar surface area (TPSA) is 67.5 Å². The molecule has 0 saturated heterocycles. The molecule has 0 bridgehead atoms. The molecule has 0 amide bonds. The maximum Gasteiger partial charge on any atom is 0.140 e. The Morgan fingerprint density at radius 3 is 2.60 bits per heavy atom. The molecular weight excluding hydrogens is 316 g/mol. The number of aromatic nitrogens is 1. The van der Waals surface area contributed by atoms with Gasteiger partial charge in [0.2, 0.25) is 0 Å². The van der Waals surface area contributed by atoms with Crippen LogP contribution in [0.15, 0.2) is 28.8 Å². The van der Waals surface area contributed by atoms with Gasteiger partial charge in [0.15, 0.2) is 0 Å². The Labute approximate surface area is 149 Å². The van der Waals surface area contributed by atoms with Crippen LogP contribution in [-0.2, 0) is 13.2 Å². The van der Waals surface area contributed by atoms with Gasteiger partial charge in [-0.2, -0.15) is 0 Å². The van der Waals surface area contributed by atoms with Crippen molar-refractivity contribution in [1.82, 2.24) is 10.5 Å². The third-order valence-electron chi connectivity index (χ3n) is 5.11. The molecule has 1 saturated carbocycles. The molecule has 1 fully saturated rings. The summed E-state index contributed by atoms with van der Waals surface area (Å²) >= 11 is 0. The highest BCUT2D eigenvalue weighted by Crippen LogP contribution is 2.27. The zero-order chi connectivity index (χ0) is 17.6. The molecule has 1 heterocycles. The molecule has 0 spiro atoms. The van der Waals surface area contributed by atoms with Crippen LogP contribution in [0.1, 0.15) is 48.3 Å². The predicted octanol–water partition coefficient (Wildman–Crippen LogP) is 3.51. The Morgan fingerprint density at radius 1 is 1.24 bits per heavy atom. The molecule has 0 aliphatic heterocycles. The first kappa shape index (κ1) is 18.0. The summed E-state index contributed by atoms with van der Waals surface area (Å²) in [5.41, 5.74) is 3.06. The molecule has 25 heavy (non-hydrogen) atoms. The highest BCUT2D eigenvalue weighted by Gasteiger charge is 2.22. The van der Waals surface area contributed by atoms with E-state index >= 15 is 0 Å². The molecule has 5 nitrogen and oxygen atoms in total. The van der Waals surface area contributed by atoms with Crippen LogP contribution in [0.5, 0.6) is 5.75 Å². The fraction of sp³-hybridized carbons (Fsp3) is 0.550. The first-order valence-electron chi connectivity index (χ1n) is 9.15. The van der Waals surface area contributed by atoms with Gasteiger partial charge < -0.3 is 19.7 Å². The van der Waals surface area contributed by atoms with E-state index in [9.17, 15) is 5.11 Å². The maximum atomic E-state index is 10.2. The van der Waals surface area contributed by atoms with E-state index in [1.54, 1.807) is 0 Å². The van der Waals surface area contributed by atoms with Gasteiger partial charge in [-0.05, 0) is 50.3 Å². The van der Waals surface area contributed by atoms with E-state index in [1.165, 1.54) is 31.2 Å². The summed E-state index contributed by atoms with van der Waals surface area (Å²) in [4.78, 5) is 0. The van der Waals surface area contributed by atoms with Crippen LogP contribution < -0.4 is 10.1 Å². The van der Waals surface area contributed by atoms with Crippen LogP contribution in [0.25, 0.3) is 0 Å².